The summed E-state index contributed by atoms with van der Waals surface area (Å²) in [5.74, 6) is 0. The molecule has 7 heteroatoms. The largest absolute Gasteiger partial charge is 0.392 e. The predicted molar refractivity (Wildman–Crippen MR) is 97.0 cm³/mol. The summed E-state index contributed by atoms with van der Waals surface area (Å²) in [5.41, 5.74) is 5.14. The molecule has 1 atom stereocenters. The fourth-order valence-corrected chi connectivity index (χ4v) is 4.79. The van der Waals surface area contributed by atoms with Gasteiger partial charge in [-0.1, -0.05) is 6.07 Å². The highest BCUT2D eigenvalue weighted by Crippen LogP contribution is 2.36. The van der Waals surface area contributed by atoms with Crippen molar-refractivity contribution >= 4 is 21.4 Å². The number of benzene rings is 1. The maximum absolute atomic E-state index is 12.0. The van der Waals surface area contributed by atoms with E-state index in [2.05, 4.69) is 4.98 Å². The van der Waals surface area contributed by atoms with E-state index in [-0.39, 0.29) is 12.6 Å². The van der Waals surface area contributed by atoms with Crippen molar-refractivity contribution in [2.24, 2.45) is 0 Å². The van der Waals surface area contributed by atoms with Crippen LogP contribution in [0.5, 0.6) is 0 Å². The number of fused-ring (bicyclic) bond motifs is 2. The highest BCUT2D eigenvalue weighted by molar-refractivity contribution is 7.92. The molecule has 1 aromatic carbocycles. The number of nitrogens with zero attached hydrogens (tertiary/aromatic N) is 3. The Morgan fingerprint density at radius 1 is 1.28 bits per heavy atom. The molecule has 0 radical (unpaired) electrons. The molecule has 4 rings (SSSR count). The zero-order valence-corrected chi connectivity index (χ0v) is 14.9. The van der Waals surface area contributed by atoms with Crippen LogP contribution in [0.2, 0.25) is 0 Å². The Balaban J connectivity index is 1.77. The van der Waals surface area contributed by atoms with E-state index in [9.17, 15) is 13.5 Å². The summed E-state index contributed by atoms with van der Waals surface area (Å²) >= 11 is 0. The van der Waals surface area contributed by atoms with E-state index in [1.54, 1.807) is 0 Å². The molecule has 0 fully saturated rings. The molecule has 1 unspecified atom stereocenters. The summed E-state index contributed by atoms with van der Waals surface area (Å²) < 4.78 is 27.5. The van der Waals surface area contributed by atoms with Gasteiger partial charge in [0.1, 0.15) is 5.65 Å². The number of hydrogen-bond donors (Lipinski definition) is 1. The van der Waals surface area contributed by atoms with Gasteiger partial charge >= 0.3 is 0 Å². The summed E-state index contributed by atoms with van der Waals surface area (Å²) in [6.45, 7) is 1.90. The predicted octanol–water partition coefficient (Wildman–Crippen LogP) is 2.20. The summed E-state index contributed by atoms with van der Waals surface area (Å²) in [4.78, 5) is 4.62. The first-order valence-corrected chi connectivity index (χ1v) is 9.93. The van der Waals surface area contributed by atoms with Gasteiger partial charge in [-0.05, 0) is 48.7 Å². The number of imidazole rings is 1. The fourth-order valence-electron chi connectivity index (χ4n) is 3.53. The van der Waals surface area contributed by atoms with Gasteiger partial charge < -0.3 is 9.51 Å². The summed E-state index contributed by atoms with van der Waals surface area (Å²) in [6, 6.07) is 9.42. The minimum Gasteiger partial charge on any atom is -0.392 e. The minimum atomic E-state index is -3.28. The van der Waals surface area contributed by atoms with Crippen molar-refractivity contribution in [1.29, 1.82) is 0 Å². The molecule has 25 heavy (non-hydrogen) atoms. The van der Waals surface area contributed by atoms with Crippen LogP contribution in [0.25, 0.3) is 16.9 Å². The van der Waals surface area contributed by atoms with Crippen LogP contribution in [-0.2, 0) is 23.1 Å². The molecule has 3 heterocycles. The molecule has 3 aromatic rings. The monoisotopic (exact) mass is 357 g/mol. The number of pyridine rings is 1. The van der Waals surface area contributed by atoms with Crippen LogP contribution in [-0.4, -0.2) is 35.2 Å². The molecule has 6 nitrogen and oxygen atoms in total. The van der Waals surface area contributed by atoms with Gasteiger partial charge in [0.15, 0.2) is 0 Å². The van der Waals surface area contributed by atoms with Crippen LogP contribution in [0, 0.1) is 0 Å². The second kappa shape index (κ2) is 5.57. The van der Waals surface area contributed by atoms with E-state index in [0.717, 1.165) is 33.7 Å². The third-order valence-corrected chi connectivity index (χ3v) is 5.86. The van der Waals surface area contributed by atoms with E-state index in [1.807, 2.05) is 54.0 Å². The fraction of sp³-hybridized carbons (Fsp3) is 0.278. The molecule has 130 valence electrons. The van der Waals surface area contributed by atoms with Gasteiger partial charge in [0.2, 0.25) is 10.0 Å². The molecular weight excluding hydrogens is 338 g/mol. The maximum atomic E-state index is 12.0. The van der Waals surface area contributed by atoms with Gasteiger partial charge in [-0.15, -0.1) is 0 Å². The number of aromatic nitrogens is 2. The first-order chi connectivity index (χ1) is 11.9. The number of anilines is 1. The molecular formula is C18H19N3O3S. The summed E-state index contributed by atoms with van der Waals surface area (Å²) in [7, 11) is -3.28. The Bertz CT molecular complexity index is 1070. The van der Waals surface area contributed by atoms with E-state index in [1.165, 1.54) is 10.6 Å². The van der Waals surface area contributed by atoms with E-state index in [4.69, 9.17) is 0 Å². The number of sulfonamides is 1. The number of hydrogen-bond acceptors (Lipinski definition) is 4. The van der Waals surface area contributed by atoms with Gasteiger partial charge in [-0.3, -0.25) is 4.31 Å². The Labute approximate surface area is 146 Å². The van der Waals surface area contributed by atoms with Crippen LogP contribution >= 0.6 is 0 Å². The average Bonchev–Trinajstić information content (AvgIpc) is 3.12. The van der Waals surface area contributed by atoms with Gasteiger partial charge in [0.25, 0.3) is 0 Å². The van der Waals surface area contributed by atoms with Crippen LogP contribution in [0.4, 0.5) is 5.69 Å². The topological polar surface area (TPSA) is 74.9 Å². The molecule has 2 aromatic heterocycles. The van der Waals surface area contributed by atoms with Gasteiger partial charge in [-0.2, -0.15) is 0 Å². The lowest BCUT2D eigenvalue weighted by atomic mass is 10.1. The van der Waals surface area contributed by atoms with E-state index >= 15 is 0 Å². The second-order valence-corrected chi connectivity index (χ2v) is 8.40. The van der Waals surface area contributed by atoms with Crippen molar-refractivity contribution in [2.75, 3.05) is 10.6 Å². The van der Waals surface area contributed by atoms with Gasteiger partial charge in [-0.25, -0.2) is 13.4 Å². The summed E-state index contributed by atoms with van der Waals surface area (Å²) in [5, 5.41) is 9.25. The third-order valence-electron chi connectivity index (χ3n) is 4.59. The molecule has 0 spiro atoms. The normalized spacial score (nSPS) is 17.2. The highest BCUT2D eigenvalue weighted by atomic mass is 32.2. The lowest BCUT2D eigenvalue weighted by molar-refractivity contribution is 0.282. The standard InChI is InChI=1S/C18H19N3O3S/c1-12-7-15-9-14(3-4-17(15)21(12)25(2,23)24)16-10-20-6-5-13(11-22)8-18(20)19-16/h3-6,8-10,12,22H,7,11H2,1-2H3. The molecule has 1 aliphatic rings. The van der Waals surface area contributed by atoms with Crippen molar-refractivity contribution < 1.29 is 13.5 Å². The van der Waals surface area contributed by atoms with Crippen LogP contribution in [0.3, 0.4) is 0 Å². The smallest absolute Gasteiger partial charge is 0.232 e. The van der Waals surface area contributed by atoms with Crippen molar-refractivity contribution in [2.45, 2.75) is 26.0 Å². The van der Waals surface area contributed by atoms with Crippen LogP contribution in [0.15, 0.2) is 42.7 Å². The molecule has 0 amide bonds. The third kappa shape index (κ3) is 2.69. The lowest BCUT2D eigenvalue weighted by Gasteiger charge is -2.21. The Kier molecular flexibility index (Phi) is 3.59. The summed E-state index contributed by atoms with van der Waals surface area (Å²) in [6.07, 6.45) is 5.74. The van der Waals surface area contributed by atoms with Gasteiger partial charge in [0.05, 0.1) is 24.2 Å². The zero-order valence-electron chi connectivity index (χ0n) is 14.0. The van der Waals surface area contributed by atoms with E-state index in [0.29, 0.717) is 6.42 Å². The molecule has 1 aliphatic heterocycles. The molecule has 1 N–H and O–H groups in total. The number of aliphatic hydroxyl groups is 1. The number of rotatable bonds is 3. The number of aliphatic hydroxyl groups excluding tert-OH is 1. The molecule has 0 aliphatic carbocycles. The van der Waals surface area contributed by atoms with E-state index < -0.39 is 10.0 Å². The quantitative estimate of drug-likeness (QED) is 0.780. The van der Waals surface area contributed by atoms with Crippen molar-refractivity contribution in [3.63, 3.8) is 0 Å². The Hall–Kier alpha value is -2.38. The molecule has 0 saturated heterocycles. The van der Waals surface area contributed by atoms with Crippen molar-refractivity contribution in [3.05, 3.63) is 53.9 Å². The van der Waals surface area contributed by atoms with Gasteiger partial charge in [0, 0.05) is 24.0 Å². The zero-order chi connectivity index (χ0) is 17.8. The molecule has 0 bridgehead atoms. The lowest BCUT2D eigenvalue weighted by Crippen LogP contribution is -2.34. The van der Waals surface area contributed by atoms with Crippen LogP contribution in [0.1, 0.15) is 18.1 Å². The SMILES string of the molecule is CC1Cc2cc(-c3cn4ccc(CO)cc4n3)ccc2N1S(C)(=O)=O. The Morgan fingerprint density at radius 2 is 2.08 bits per heavy atom. The first-order valence-electron chi connectivity index (χ1n) is 8.08. The van der Waals surface area contributed by atoms with Crippen molar-refractivity contribution in [3.8, 4) is 11.3 Å². The molecule has 0 saturated carbocycles. The second-order valence-electron chi connectivity index (χ2n) is 6.54. The minimum absolute atomic E-state index is 0.0171. The van der Waals surface area contributed by atoms with Crippen LogP contribution < -0.4 is 4.31 Å². The Morgan fingerprint density at radius 3 is 2.80 bits per heavy atom. The average molecular weight is 357 g/mol. The highest BCUT2D eigenvalue weighted by Gasteiger charge is 2.32. The first kappa shape index (κ1) is 16.1. The maximum Gasteiger partial charge on any atom is 0.232 e. The van der Waals surface area contributed by atoms with Crippen molar-refractivity contribution in [1.82, 2.24) is 9.38 Å².